The van der Waals surface area contributed by atoms with E-state index in [1.54, 1.807) is 16.2 Å². The van der Waals surface area contributed by atoms with Crippen molar-refractivity contribution in [1.29, 1.82) is 0 Å². The Hall–Kier alpha value is -2.54. The van der Waals surface area contributed by atoms with Gasteiger partial charge in [0.05, 0.1) is 10.2 Å². The van der Waals surface area contributed by atoms with Gasteiger partial charge in [0.1, 0.15) is 0 Å². The lowest BCUT2D eigenvalue weighted by Crippen LogP contribution is -2.48. The third-order valence-corrected chi connectivity index (χ3v) is 6.19. The molecule has 140 valence electrons. The van der Waals surface area contributed by atoms with E-state index in [-0.39, 0.29) is 11.5 Å². The van der Waals surface area contributed by atoms with Crippen molar-refractivity contribution in [3.05, 3.63) is 58.7 Å². The molecule has 1 aliphatic rings. The van der Waals surface area contributed by atoms with Gasteiger partial charge in [-0.3, -0.25) is 4.79 Å². The SMILES string of the molecule is Cc1ccc(C)c2sc(N3CCN(C(=O)c4ccc(F)c(F)c4)CC3)nc12. The second-order valence-corrected chi connectivity index (χ2v) is 7.76. The molecule has 7 heteroatoms. The molecule has 1 saturated heterocycles. The average Bonchev–Trinajstić information content (AvgIpc) is 3.13. The summed E-state index contributed by atoms with van der Waals surface area (Å²) >= 11 is 1.67. The minimum absolute atomic E-state index is 0.175. The maximum atomic E-state index is 13.4. The van der Waals surface area contributed by atoms with Gasteiger partial charge in [-0.1, -0.05) is 23.5 Å². The number of piperazine rings is 1. The van der Waals surface area contributed by atoms with E-state index >= 15 is 0 Å². The zero-order valence-electron chi connectivity index (χ0n) is 15.1. The van der Waals surface area contributed by atoms with Crippen molar-refractivity contribution >= 4 is 32.6 Å². The van der Waals surface area contributed by atoms with Gasteiger partial charge in [0, 0.05) is 31.7 Å². The quantitative estimate of drug-likeness (QED) is 0.663. The van der Waals surface area contributed by atoms with Crippen LogP contribution >= 0.6 is 11.3 Å². The molecule has 0 N–H and O–H groups in total. The smallest absolute Gasteiger partial charge is 0.254 e. The van der Waals surface area contributed by atoms with Crippen LogP contribution in [0.4, 0.5) is 13.9 Å². The fourth-order valence-corrected chi connectivity index (χ4v) is 4.46. The molecule has 0 atom stereocenters. The van der Waals surface area contributed by atoms with Crippen LogP contribution in [0.2, 0.25) is 0 Å². The highest BCUT2D eigenvalue weighted by Crippen LogP contribution is 2.33. The second-order valence-electron chi connectivity index (χ2n) is 6.78. The molecule has 27 heavy (non-hydrogen) atoms. The van der Waals surface area contributed by atoms with Crippen molar-refractivity contribution in [2.45, 2.75) is 13.8 Å². The van der Waals surface area contributed by atoms with Gasteiger partial charge in [0.15, 0.2) is 16.8 Å². The van der Waals surface area contributed by atoms with Gasteiger partial charge < -0.3 is 9.80 Å². The number of hydrogen-bond donors (Lipinski definition) is 0. The Morgan fingerprint density at radius 2 is 1.70 bits per heavy atom. The molecule has 4 nitrogen and oxygen atoms in total. The van der Waals surface area contributed by atoms with Crippen molar-refractivity contribution in [3.8, 4) is 0 Å². The number of aromatic nitrogens is 1. The predicted octanol–water partition coefficient (Wildman–Crippen LogP) is 4.15. The molecule has 0 saturated carbocycles. The van der Waals surface area contributed by atoms with Gasteiger partial charge in [-0.15, -0.1) is 0 Å². The van der Waals surface area contributed by atoms with E-state index in [9.17, 15) is 13.6 Å². The van der Waals surface area contributed by atoms with Crippen LogP contribution in [0, 0.1) is 25.5 Å². The molecule has 3 aromatic rings. The number of rotatable bonds is 2. The van der Waals surface area contributed by atoms with E-state index in [1.165, 1.54) is 16.3 Å². The molecule has 1 amide bonds. The van der Waals surface area contributed by atoms with Crippen LogP contribution in [-0.4, -0.2) is 42.0 Å². The third-order valence-electron chi connectivity index (χ3n) is 4.93. The standard InChI is InChI=1S/C20H19F2N3OS/c1-12-3-4-13(2)18-17(12)23-20(27-18)25-9-7-24(8-10-25)19(26)14-5-6-15(21)16(22)11-14/h3-6,11H,7-10H2,1-2H3. The van der Waals surface area contributed by atoms with E-state index in [0.717, 1.165) is 28.3 Å². The molecule has 1 aliphatic heterocycles. The van der Waals surface area contributed by atoms with E-state index < -0.39 is 11.6 Å². The summed E-state index contributed by atoms with van der Waals surface area (Å²) in [4.78, 5) is 21.2. The van der Waals surface area contributed by atoms with Gasteiger partial charge in [0.25, 0.3) is 5.91 Å². The first kappa shape index (κ1) is 17.9. The fraction of sp³-hybridized carbons (Fsp3) is 0.300. The maximum absolute atomic E-state index is 13.4. The Balaban J connectivity index is 1.49. The second kappa shape index (κ2) is 6.88. The van der Waals surface area contributed by atoms with Crippen LogP contribution in [0.25, 0.3) is 10.2 Å². The summed E-state index contributed by atoms with van der Waals surface area (Å²) in [5, 5.41) is 0.960. The number of aryl methyl sites for hydroxylation is 2. The highest BCUT2D eigenvalue weighted by Gasteiger charge is 2.25. The molecule has 0 radical (unpaired) electrons. The molecule has 4 rings (SSSR count). The fourth-order valence-electron chi connectivity index (χ4n) is 3.30. The zero-order valence-corrected chi connectivity index (χ0v) is 15.9. The van der Waals surface area contributed by atoms with Crippen molar-refractivity contribution in [2.75, 3.05) is 31.1 Å². The number of amides is 1. The number of nitrogens with zero attached hydrogens (tertiary/aromatic N) is 3. The summed E-state index contributed by atoms with van der Waals surface area (Å²) in [6, 6.07) is 7.47. The van der Waals surface area contributed by atoms with Crippen LogP contribution in [0.1, 0.15) is 21.5 Å². The van der Waals surface area contributed by atoms with Crippen molar-refractivity contribution < 1.29 is 13.6 Å². The summed E-state index contributed by atoms with van der Waals surface area (Å²) in [5.41, 5.74) is 3.58. The Bertz CT molecular complexity index is 986. The van der Waals surface area contributed by atoms with E-state index in [0.29, 0.717) is 26.2 Å². The molecule has 0 spiro atoms. The zero-order chi connectivity index (χ0) is 19.1. The molecule has 2 heterocycles. The summed E-state index contributed by atoms with van der Waals surface area (Å²) in [7, 11) is 0. The third kappa shape index (κ3) is 3.27. The number of carbonyl (C=O) groups excluding carboxylic acids is 1. The number of benzene rings is 2. The van der Waals surface area contributed by atoms with E-state index in [2.05, 4.69) is 30.9 Å². The van der Waals surface area contributed by atoms with Crippen LogP contribution in [-0.2, 0) is 0 Å². The van der Waals surface area contributed by atoms with Gasteiger partial charge in [-0.25, -0.2) is 13.8 Å². The summed E-state index contributed by atoms with van der Waals surface area (Å²) < 4.78 is 27.7. The Labute approximate surface area is 160 Å². The lowest BCUT2D eigenvalue weighted by atomic mass is 10.1. The van der Waals surface area contributed by atoms with Crippen molar-refractivity contribution in [1.82, 2.24) is 9.88 Å². The topological polar surface area (TPSA) is 36.4 Å². The Morgan fingerprint density at radius 3 is 2.37 bits per heavy atom. The number of thiazole rings is 1. The van der Waals surface area contributed by atoms with Crippen LogP contribution in [0.3, 0.4) is 0 Å². The number of fused-ring (bicyclic) bond motifs is 1. The van der Waals surface area contributed by atoms with Crippen LogP contribution in [0.15, 0.2) is 30.3 Å². The largest absolute Gasteiger partial charge is 0.345 e. The molecule has 2 aromatic carbocycles. The molecular formula is C20H19F2N3OS. The lowest BCUT2D eigenvalue weighted by molar-refractivity contribution is 0.0746. The number of hydrogen-bond acceptors (Lipinski definition) is 4. The first-order valence-corrected chi connectivity index (χ1v) is 9.61. The number of carbonyl (C=O) groups is 1. The molecule has 0 aliphatic carbocycles. The number of halogens is 2. The first-order chi connectivity index (χ1) is 12.9. The lowest BCUT2D eigenvalue weighted by Gasteiger charge is -2.34. The molecule has 1 fully saturated rings. The number of anilines is 1. The van der Waals surface area contributed by atoms with Crippen molar-refractivity contribution in [2.24, 2.45) is 0 Å². The van der Waals surface area contributed by atoms with E-state index in [1.807, 2.05) is 0 Å². The van der Waals surface area contributed by atoms with Crippen LogP contribution < -0.4 is 4.90 Å². The van der Waals surface area contributed by atoms with Gasteiger partial charge in [-0.2, -0.15) is 0 Å². The maximum Gasteiger partial charge on any atom is 0.254 e. The van der Waals surface area contributed by atoms with Crippen LogP contribution in [0.5, 0.6) is 0 Å². The van der Waals surface area contributed by atoms with E-state index in [4.69, 9.17) is 4.98 Å². The van der Waals surface area contributed by atoms with Crippen molar-refractivity contribution in [3.63, 3.8) is 0 Å². The molecule has 1 aromatic heterocycles. The Kier molecular flexibility index (Phi) is 4.55. The molecule has 0 unspecified atom stereocenters. The summed E-state index contributed by atoms with van der Waals surface area (Å²) in [6.45, 7) is 6.50. The monoisotopic (exact) mass is 387 g/mol. The van der Waals surface area contributed by atoms with Gasteiger partial charge in [-0.05, 0) is 43.2 Å². The first-order valence-electron chi connectivity index (χ1n) is 8.80. The summed E-state index contributed by atoms with van der Waals surface area (Å²) in [5.74, 6) is -2.22. The normalized spacial score (nSPS) is 14.8. The highest BCUT2D eigenvalue weighted by molar-refractivity contribution is 7.22. The average molecular weight is 387 g/mol. The molecule has 0 bridgehead atoms. The molecular weight excluding hydrogens is 368 g/mol. The minimum Gasteiger partial charge on any atom is -0.345 e. The van der Waals surface area contributed by atoms with Gasteiger partial charge in [0.2, 0.25) is 0 Å². The van der Waals surface area contributed by atoms with Gasteiger partial charge >= 0.3 is 0 Å². The highest BCUT2D eigenvalue weighted by atomic mass is 32.1. The summed E-state index contributed by atoms with van der Waals surface area (Å²) in [6.07, 6.45) is 0. The Morgan fingerprint density at radius 1 is 1.00 bits per heavy atom. The predicted molar refractivity (Wildman–Crippen MR) is 104 cm³/mol. The minimum atomic E-state index is -1.00.